The third kappa shape index (κ3) is 20.2. The fraction of sp³-hybridized carbons (Fsp3) is 0.494. The second-order valence-corrected chi connectivity index (χ2v) is 33.5. The lowest BCUT2D eigenvalue weighted by Crippen LogP contribution is -2.72. The number of likely N-dealkylation sites (tertiary alicyclic amines) is 2. The van der Waals surface area contributed by atoms with Crippen molar-refractivity contribution in [3.05, 3.63) is 178 Å². The number of amides is 2. The zero-order valence-electron chi connectivity index (χ0n) is 65.1. The summed E-state index contributed by atoms with van der Waals surface area (Å²) in [6.07, 6.45) is 19.7. The van der Waals surface area contributed by atoms with Crippen LogP contribution in [0.5, 0.6) is 11.5 Å². The molecule has 0 unspecified atom stereocenters. The molecule has 6 aromatic rings. The number of hydrogen-bond donors (Lipinski definition) is 7. The van der Waals surface area contributed by atoms with Crippen LogP contribution in [0.3, 0.4) is 0 Å². The van der Waals surface area contributed by atoms with Gasteiger partial charge < -0.3 is 49.8 Å². The Balaban J connectivity index is 0.000000167. The Bertz CT molecular complexity index is 4320. The third-order valence-electron chi connectivity index (χ3n) is 22.4. The summed E-state index contributed by atoms with van der Waals surface area (Å²) < 4.78 is 27.1. The van der Waals surface area contributed by atoms with E-state index < -0.39 is 64.1 Å². The minimum Gasteiger partial charge on any atom is -0.481 e. The second kappa shape index (κ2) is 34.7. The Hall–Kier alpha value is -9.77. The van der Waals surface area contributed by atoms with Crippen LogP contribution in [0.1, 0.15) is 236 Å². The zero-order valence-corrected chi connectivity index (χ0v) is 65.1. The molecule has 8 N–H and O–H groups in total. The van der Waals surface area contributed by atoms with E-state index in [0.717, 1.165) is 128 Å². The number of nitrogen functional groups attached to an aromatic ring is 1. The van der Waals surface area contributed by atoms with Crippen molar-refractivity contribution in [2.75, 3.05) is 42.5 Å². The van der Waals surface area contributed by atoms with E-state index in [4.69, 9.17) is 44.4 Å². The van der Waals surface area contributed by atoms with Crippen molar-refractivity contribution in [1.29, 1.82) is 0 Å². The first-order chi connectivity index (χ1) is 52.0. The summed E-state index contributed by atoms with van der Waals surface area (Å²) in [5.41, 5.74) is 10.4. The number of nitrogens with two attached hydrogens (primary N) is 1. The molecule has 6 fully saturated rings. The lowest BCUT2D eigenvalue weighted by atomic mass is 9.49. The highest BCUT2D eigenvalue weighted by Gasteiger charge is 2.65. The lowest BCUT2D eigenvalue weighted by molar-refractivity contribution is -0.169. The molecule has 4 saturated carbocycles. The summed E-state index contributed by atoms with van der Waals surface area (Å²) in [4.78, 5) is 99.4. The Kier molecular flexibility index (Phi) is 26.1. The average Bonchev–Trinajstić information content (AvgIpc) is 0.697. The van der Waals surface area contributed by atoms with Crippen molar-refractivity contribution in [2.24, 2.45) is 16.8 Å². The highest BCUT2D eigenvalue weighted by Crippen LogP contribution is 2.61. The monoisotopic (exact) mass is 1510 g/mol. The number of aromatic carboxylic acids is 1. The van der Waals surface area contributed by atoms with Crippen LogP contribution in [0.4, 0.5) is 32.3 Å². The SMILES string of the molecule is CC(=O)O.CC(C)(C)OC(=O)c1ccc(N)cc1.CC(C)(C)OC(=O)c1ccc(N=C=O)cc1.CC(C)(C)OC(=O)c1ccc(NC(=O)Oc2ccc3c(c2)[C@@]24CCCC[C@@]2(O)[C@@H](C3)N(CC2CCC2)CC4)cc1.O=C(Nc1ccc(C(=O)O)cc1)Oc1ccc2c(c1)[C@@]13CCCC[C@@]1(O)[C@@H](C2)N(CC1CCC1)CC3. The third-order valence-corrected chi connectivity index (χ3v) is 22.4. The van der Waals surface area contributed by atoms with Gasteiger partial charge in [0.2, 0.25) is 6.08 Å². The van der Waals surface area contributed by atoms with Crippen LogP contribution in [-0.2, 0) is 47.5 Å². The minimum absolute atomic E-state index is 0.153. The number of benzene rings is 6. The number of aliphatic hydroxyl groups is 2. The molecule has 0 spiro atoms. The van der Waals surface area contributed by atoms with Gasteiger partial charge in [0.05, 0.1) is 39.1 Å². The maximum Gasteiger partial charge on any atom is 0.417 e. The van der Waals surface area contributed by atoms with Crippen LogP contribution in [0.2, 0.25) is 0 Å². The van der Waals surface area contributed by atoms with E-state index in [2.05, 4.69) is 37.6 Å². The van der Waals surface area contributed by atoms with Gasteiger partial charge >= 0.3 is 36.1 Å². The van der Waals surface area contributed by atoms with Crippen LogP contribution in [0.15, 0.2) is 138 Å². The first-order valence-corrected chi connectivity index (χ1v) is 38.5. The predicted octanol–water partition coefficient (Wildman–Crippen LogP) is 16.1. The molecule has 4 bridgehead atoms. The van der Waals surface area contributed by atoms with Gasteiger partial charge in [-0.2, -0.15) is 4.99 Å². The molecule has 2 aliphatic heterocycles. The van der Waals surface area contributed by atoms with E-state index in [1.54, 1.807) is 93.6 Å². The van der Waals surface area contributed by atoms with Gasteiger partial charge in [0, 0.05) is 60.0 Å². The summed E-state index contributed by atoms with van der Waals surface area (Å²) in [7, 11) is 0. The lowest BCUT2D eigenvalue weighted by Gasteiger charge is -2.64. The van der Waals surface area contributed by atoms with Crippen LogP contribution >= 0.6 is 0 Å². The van der Waals surface area contributed by atoms with Crippen molar-refractivity contribution in [3.63, 3.8) is 0 Å². The summed E-state index contributed by atoms with van der Waals surface area (Å²) in [5.74, 6) is -0.466. The minimum atomic E-state index is -1.02. The molecule has 2 heterocycles. The van der Waals surface area contributed by atoms with Crippen LogP contribution < -0.4 is 25.8 Å². The molecule has 23 nitrogen and oxygen atoms in total. The van der Waals surface area contributed by atoms with E-state index >= 15 is 0 Å². The van der Waals surface area contributed by atoms with Crippen molar-refractivity contribution in [2.45, 2.75) is 236 Å². The number of nitrogens with one attached hydrogen (secondary N) is 2. The van der Waals surface area contributed by atoms with Gasteiger partial charge in [-0.1, -0.05) is 50.7 Å². The van der Waals surface area contributed by atoms with E-state index in [0.29, 0.717) is 50.9 Å². The number of piperidine rings is 2. The van der Waals surface area contributed by atoms with Gasteiger partial charge in [-0.05, 0) is 308 Å². The Morgan fingerprint density at radius 3 is 1.17 bits per heavy atom. The number of carboxylic acid groups (broad SMARTS) is 2. The van der Waals surface area contributed by atoms with Crippen molar-refractivity contribution in [3.8, 4) is 11.5 Å². The fourth-order valence-corrected chi connectivity index (χ4v) is 17.0. The molecule has 6 atom stereocenters. The number of carbonyl (C=O) groups is 7. The number of ether oxygens (including phenoxy) is 5. The second-order valence-electron chi connectivity index (χ2n) is 33.5. The average molecular weight is 1510 g/mol. The molecule has 14 rings (SSSR count). The van der Waals surface area contributed by atoms with Gasteiger partial charge in [0.1, 0.15) is 28.3 Å². The zero-order chi connectivity index (χ0) is 79.6. The molecule has 2 amide bonds. The van der Waals surface area contributed by atoms with E-state index in [9.17, 15) is 43.8 Å². The van der Waals surface area contributed by atoms with Crippen LogP contribution in [0, 0.1) is 11.8 Å². The summed E-state index contributed by atoms with van der Waals surface area (Å²) >= 11 is 0. The molecular formula is C87H108N6O17. The summed E-state index contributed by atoms with van der Waals surface area (Å²) in [6, 6.07) is 37.6. The molecular weight excluding hydrogens is 1400 g/mol. The summed E-state index contributed by atoms with van der Waals surface area (Å²) in [5, 5.41) is 46.6. The standard InChI is InChI=1S/C33H42N2O5.C29H34N2O5.C12H13NO3.C11H15NO2.C2H4O2/c1-31(2,3)40-29(36)23-9-12-25(13-10-23)34-30(37)39-26-14-11-24-19-28-33(38)16-5-4-15-32(33,27(24)20-26)17-18-35(28)21-22-7-6-8-22;32-26(33)20-6-9-22(10-7-20)30-27(34)36-23-11-8-21-16-25-29(35)13-2-1-12-28(29,24(21)17-23)14-15-31(25)18-19-4-3-5-19;1-12(2,3)16-11(15)9-4-6-10(7-5-9)13-8-14;1-11(2,3)14-10(13)8-4-6-9(12)7-5-8;1-2(3)4/h9-14,20,22,28,38H,4-8,15-19,21H2,1-3H3,(H,34,37);6-11,17,19,25,35H,1-5,12-16,18H2,(H,30,34)(H,32,33);4-7H,1-3H3;4-7H,12H2,1-3H3;1H3,(H,3,4)/t28-,32+,33-;25-,28+,29-;;;/m11.../s1. The number of nitrogens with zero attached hydrogens (tertiary/aromatic N) is 3. The van der Waals surface area contributed by atoms with Gasteiger partial charge in [0.15, 0.2) is 0 Å². The largest absolute Gasteiger partial charge is 0.481 e. The normalized spacial score (nSPS) is 23.0. The van der Waals surface area contributed by atoms with E-state index in [1.807, 2.05) is 65.8 Å². The number of aliphatic carboxylic acids is 1. The number of fused-ring (bicyclic) bond motifs is 2. The molecule has 588 valence electrons. The van der Waals surface area contributed by atoms with Gasteiger partial charge in [-0.3, -0.25) is 25.2 Å². The number of carbonyl (C=O) groups excluding carboxylic acids is 6. The first-order valence-electron chi connectivity index (χ1n) is 38.5. The van der Waals surface area contributed by atoms with Crippen molar-refractivity contribution in [1.82, 2.24) is 9.80 Å². The molecule has 23 heteroatoms. The molecule has 8 aliphatic rings. The van der Waals surface area contributed by atoms with Gasteiger partial charge in [-0.15, -0.1) is 0 Å². The smallest absolute Gasteiger partial charge is 0.417 e. The first kappa shape index (κ1) is 82.7. The van der Waals surface area contributed by atoms with Crippen molar-refractivity contribution < 1.29 is 82.5 Å². The number of rotatable bonds is 13. The number of hydrogen-bond acceptors (Lipinski definition) is 19. The molecule has 6 aliphatic carbocycles. The number of esters is 3. The molecule has 0 radical (unpaired) electrons. The maximum absolute atomic E-state index is 12.8. The van der Waals surface area contributed by atoms with E-state index in [-0.39, 0.29) is 34.4 Å². The fourth-order valence-electron chi connectivity index (χ4n) is 17.0. The van der Waals surface area contributed by atoms with Crippen LogP contribution in [0.25, 0.3) is 0 Å². The maximum atomic E-state index is 12.8. The predicted molar refractivity (Wildman–Crippen MR) is 418 cm³/mol. The number of isocyanates is 1. The van der Waals surface area contributed by atoms with Gasteiger partial charge in [0.25, 0.3) is 5.97 Å². The van der Waals surface area contributed by atoms with Crippen molar-refractivity contribution >= 4 is 70.9 Å². The van der Waals surface area contributed by atoms with Gasteiger partial charge in [-0.25, -0.2) is 33.6 Å². The molecule has 6 aromatic carbocycles. The highest BCUT2D eigenvalue weighted by atomic mass is 16.6. The highest BCUT2D eigenvalue weighted by molar-refractivity contribution is 5.93. The Labute approximate surface area is 644 Å². The molecule has 2 saturated heterocycles. The van der Waals surface area contributed by atoms with E-state index in [1.165, 1.54) is 85.6 Å². The summed E-state index contributed by atoms with van der Waals surface area (Å²) in [6.45, 7) is 21.7. The molecule has 0 aromatic heterocycles. The quantitative estimate of drug-likeness (QED) is 0.0186. The molecule has 110 heavy (non-hydrogen) atoms. The number of anilines is 3. The van der Waals surface area contributed by atoms with Crippen LogP contribution in [-0.4, -0.2) is 145 Å². The number of aliphatic imine (C=N–C) groups is 1. The topological polar surface area (TPSA) is 333 Å². The Morgan fingerprint density at radius 2 is 0.836 bits per heavy atom. The number of carboxylic acids is 2. The Morgan fingerprint density at radius 1 is 0.491 bits per heavy atom.